The topological polar surface area (TPSA) is 158 Å². The third kappa shape index (κ3) is 12.7. The van der Waals surface area contributed by atoms with E-state index in [-0.39, 0.29) is 8.87 Å². The predicted molar refractivity (Wildman–Crippen MR) is 132 cm³/mol. The van der Waals surface area contributed by atoms with E-state index in [4.69, 9.17) is 13.5 Å². The van der Waals surface area contributed by atoms with Crippen LogP contribution in [0.15, 0.2) is 0 Å². The van der Waals surface area contributed by atoms with E-state index in [1.807, 2.05) is 20.8 Å². The molecule has 2 atom stereocenters. The van der Waals surface area contributed by atoms with Crippen LogP contribution < -0.4 is 0 Å². The molecule has 34 heavy (non-hydrogen) atoms. The molecule has 1 rings (SSSR count). The second kappa shape index (κ2) is 13.9. The van der Waals surface area contributed by atoms with Crippen molar-refractivity contribution in [2.24, 2.45) is 0 Å². The van der Waals surface area contributed by atoms with Gasteiger partial charge in [0.1, 0.15) is 0 Å². The zero-order valence-electron chi connectivity index (χ0n) is 20.7. The van der Waals surface area contributed by atoms with Crippen LogP contribution in [0.1, 0.15) is 59.3 Å². The van der Waals surface area contributed by atoms with E-state index in [9.17, 15) is 25.3 Å². The van der Waals surface area contributed by atoms with Crippen LogP contribution in [0.5, 0.6) is 0 Å². The molecule has 1 aliphatic heterocycles. The van der Waals surface area contributed by atoms with Crippen LogP contribution in [0, 0.1) is 0 Å². The summed E-state index contributed by atoms with van der Waals surface area (Å²) in [7, 11) is -12.0. The molecule has 0 aromatic heterocycles. The normalized spacial score (nSPS) is 28.8. The summed E-state index contributed by atoms with van der Waals surface area (Å²) in [6.45, 7) is 5.73. The third-order valence-corrected chi connectivity index (χ3v) is 70.5. The van der Waals surface area contributed by atoms with Crippen LogP contribution in [-0.2, 0) is 43.8 Å². The summed E-state index contributed by atoms with van der Waals surface area (Å²) in [5.41, 5.74) is 0. The molecule has 0 bridgehead atoms. The van der Waals surface area contributed by atoms with Crippen LogP contribution in [0.25, 0.3) is 0 Å². The van der Waals surface area contributed by atoms with Crippen LogP contribution in [-0.4, -0.2) is 107 Å². The van der Waals surface area contributed by atoms with E-state index in [2.05, 4.69) is 0 Å². The second-order valence-corrected chi connectivity index (χ2v) is 47.7. The Labute approximate surface area is 221 Å². The Bertz CT molecular complexity index is 918. The van der Waals surface area contributed by atoms with Gasteiger partial charge < -0.3 is 0 Å². The van der Waals surface area contributed by atoms with Gasteiger partial charge in [0.25, 0.3) is 0 Å². The van der Waals surface area contributed by atoms with Gasteiger partial charge in [0.2, 0.25) is 0 Å². The van der Waals surface area contributed by atoms with Crippen molar-refractivity contribution in [2.75, 3.05) is 23.4 Å². The van der Waals surface area contributed by atoms with Crippen molar-refractivity contribution < 1.29 is 38.7 Å². The molecule has 0 N–H and O–H groups in total. The maximum absolute atomic E-state index is 12.3. The van der Waals surface area contributed by atoms with Gasteiger partial charge >= 0.3 is 224 Å². The van der Waals surface area contributed by atoms with Crippen LogP contribution in [0.2, 0.25) is 13.3 Å². The summed E-state index contributed by atoms with van der Waals surface area (Å²) in [6, 6.07) is 0. The maximum atomic E-state index is 12.3. The Morgan fingerprint density at radius 3 is 1.29 bits per heavy atom. The van der Waals surface area contributed by atoms with E-state index in [0.29, 0.717) is 36.5 Å². The molecule has 1 saturated heterocycles. The number of rotatable bonds is 16. The van der Waals surface area contributed by atoms with E-state index in [1.165, 1.54) is 0 Å². The number of hydrogen-bond acceptors (Lipinski definition) is 12. The molecule has 0 spiro atoms. The van der Waals surface area contributed by atoms with Crippen molar-refractivity contribution in [3.63, 3.8) is 0 Å². The zero-order chi connectivity index (χ0) is 26.3. The number of hydrogen-bond donors (Lipinski definition) is 0. The monoisotopic (exact) mass is 878 g/mol. The Morgan fingerprint density at radius 1 is 0.588 bits per heavy atom. The Balaban J connectivity index is 3.77. The van der Waals surface area contributed by atoms with Crippen molar-refractivity contribution in [3.8, 4) is 0 Å². The molecule has 1 aliphatic rings. The first kappa shape index (κ1) is 34.0. The van der Waals surface area contributed by atoms with E-state index in [1.54, 1.807) is 0 Å². The SMILES string of the molecule is CCC[CH2][Sn]1([CH2]OS(C)(=O)=O)[O][Sn]([CH2]CCC)([O]S(C)(=O)=O)[O][Sn]([CH2]CCC)([O]S(C)(=O)=O)[O]1. The summed E-state index contributed by atoms with van der Waals surface area (Å²) in [5, 5.41) is 0. The first-order valence-electron chi connectivity index (χ1n) is 11.2. The van der Waals surface area contributed by atoms with Crippen LogP contribution in [0.4, 0.5) is 0 Å². The molecule has 0 saturated carbocycles. The van der Waals surface area contributed by atoms with Crippen LogP contribution >= 0.6 is 0 Å². The van der Waals surface area contributed by atoms with Gasteiger partial charge in [0.15, 0.2) is 0 Å². The van der Waals surface area contributed by atoms with Gasteiger partial charge in [-0.1, -0.05) is 0 Å². The molecule has 0 amide bonds. The molecule has 1 fully saturated rings. The minimum absolute atomic E-state index is 0.170. The van der Waals surface area contributed by atoms with Crippen molar-refractivity contribution in [1.82, 2.24) is 0 Å². The quantitative estimate of drug-likeness (QED) is 0.165. The first-order valence-corrected chi connectivity index (χ1v) is 34.0. The fraction of sp³-hybridized carbons (Fsp3) is 1.00. The number of unbranched alkanes of at least 4 members (excludes halogenated alkanes) is 3. The third-order valence-electron chi connectivity index (χ3n) is 4.63. The first-order chi connectivity index (χ1) is 15.4. The summed E-state index contributed by atoms with van der Waals surface area (Å²) in [6.07, 6.45) is 6.38. The van der Waals surface area contributed by atoms with Crippen molar-refractivity contribution >= 4 is 88.8 Å². The molecule has 12 nitrogen and oxygen atoms in total. The van der Waals surface area contributed by atoms with E-state index < -0.39 is 93.4 Å². The molecule has 0 aromatic carbocycles. The Hall–Kier alpha value is 2.01. The van der Waals surface area contributed by atoms with Gasteiger partial charge in [-0.25, -0.2) is 0 Å². The Morgan fingerprint density at radius 2 is 0.971 bits per heavy atom. The predicted octanol–water partition coefficient (Wildman–Crippen LogP) is 2.24. The molecule has 0 aromatic rings. The van der Waals surface area contributed by atoms with Gasteiger partial charge in [-0.2, -0.15) is 0 Å². The summed E-state index contributed by atoms with van der Waals surface area (Å²) >= 11 is -14.9. The standard InChI is InChI=1S/3C4H9.C2H5O3S.2CH4O3S.3O.3Sn/c3*1-3-4-2;1-5-6(2,3)4;2*1-5(2,3)4;;;;;;/h3*1,3-4H2,2H3;1H2,2H3;2*1H3,(H,2,3,4);;;;;;/q;;;;;;;;;;2*+1/p-2. The van der Waals surface area contributed by atoms with E-state index in [0.717, 1.165) is 25.2 Å². The molecule has 0 aliphatic carbocycles. The van der Waals surface area contributed by atoms with Crippen molar-refractivity contribution in [3.05, 3.63) is 0 Å². The Kier molecular flexibility index (Phi) is 13.9. The van der Waals surface area contributed by atoms with Gasteiger partial charge in [-0.05, 0) is 0 Å². The average Bonchev–Trinajstić information content (AvgIpc) is 2.64. The fourth-order valence-corrected chi connectivity index (χ4v) is 104. The molecular weight excluding hydrogens is 836 g/mol. The van der Waals surface area contributed by atoms with Gasteiger partial charge in [-0.3, -0.25) is 0 Å². The molecule has 18 heteroatoms. The summed E-state index contributed by atoms with van der Waals surface area (Å²) in [4.78, 5) is 0. The minimum atomic E-state index is -5.09. The molecule has 204 valence electrons. The second-order valence-electron chi connectivity index (χ2n) is 8.43. The van der Waals surface area contributed by atoms with Gasteiger partial charge in [0, 0.05) is 0 Å². The summed E-state index contributed by atoms with van der Waals surface area (Å²) < 4.78 is 109. The molecule has 0 radical (unpaired) electrons. The van der Waals surface area contributed by atoms with Crippen LogP contribution in [0.3, 0.4) is 0 Å². The molecule has 2 unspecified atom stereocenters. The van der Waals surface area contributed by atoms with Gasteiger partial charge in [-0.15, -0.1) is 0 Å². The zero-order valence-corrected chi connectivity index (χ0v) is 31.7. The molecular formula is C16H38O12S3Sn3. The van der Waals surface area contributed by atoms with E-state index >= 15 is 0 Å². The average molecular weight is 875 g/mol. The summed E-state index contributed by atoms with van der Waals surface area (Å²) in [5.74, 6) is 0. The molecule has 1 heterocycles. The van der Waals surface area contributed by atoms with Gasteiger partial charge in [0.05, 0.1) is 0 Å². The van der Waals surface area contributed by atoms with Crippen molar-refractivity contribution in [1.29, 1.82) is 0 Å². The van der Waals surface area contributed by atoms with Crippen molar-refractivity contribution in [2.45, 2.75) is 72.6 Å². The fourth-order valence-electron chi connectivity index (χ4n) is 3.35.